The summed E-state index contributed by atoms with van der Waals surface area (Å²) in [6, 6.07) is 5.65. The average molecular weight is 316 g/mol. The van der Waals surface area contributed by atoms with Gasteiger partial charge in [-0.3, -0.25) is 4.68 Å². The first-order chi connectivity index (χ1) is 10.7. The predicted octanol–water partition coefficient (Wildman–Crippen LogP) is 1.66. The fraction of sp³-hybridized carbons (Fsp3) is 0.500. The molecule has 0 unspecified atom stereocenters. The molecule has 1 aliphatic heterocycles. The molecule has 2 heterocycles. The lowest BCUT2D eigenvalue weighted by molar-refractivity contribution is 0.00578. The van der Waals surface area contributed by atoms with E-state index < -0.39 is 24.3 Å². The predicted molar refractivity (Wildman–Crippen MR) is 87.8 cm³/mol. The Balaban J connectivity index is 2.01. The zero-order valence-electron chi connectivity index (χ0n) is 14.3. The molecule has 0 saturated carbocycles. The van der Waals surface area contributed by atoms with Gasteiger partial charge in [-0.1, -0.05) is 12.1 Å². The van der Waals surface area contributed by atoms with Crippen molar-refractivity contribution in [1.29, 1.82) is 0 Å². The van der Waals surface area contributed by atoms with Gasteiger partial charge in [0.1, 0.15) is 0 Å². The number of hydrogen-bond donors (Lipinski definition) is 0. The molecule has 0 aliphatic carbocycles. The van der Waals surface area contributed by atoms with Gasteiger partial charge in [0, 0.05) is 12.4 Å². The number of ether oxygens (including phenoxy) is 1. The summed E-state index contributed by atoms with van der Waals surface area (Å²) in [4.78, 5) is 11.9. The highest BCUT2D eigenvalue weighted by molar-refractivity contribution is 6.62. The monoisotopic (exact) mass is 316 g/mol. The van der Waals surface area contributed by atoms with Gasteiger partial charge in [0.05, 0.1) is 23.8 Å². The summed E-state index contributed by atoms with van der Waals surface area (Å²) in [5.41, 5.74) is 1.23. The molecule has 1 aromatic carbocycles. The first kappa shape index (κ1) is 16.0. The van der Waals surface area contributed by atoms with Crippen LogP contribution in [0.25, 0.3) is 10.9 Å². The number of hydrogen-bond acceptors (Lipinski definition) is 5. The molecule has 1 aromatic heterocycles. The number of rotatable bonds is 2. The Labute approximate surface area is 135 Å². The average Bonchev–Trinajstić information content (AvgIpc) is 2.90. The lowest BCUT2D eigenvalue weighted by Crippen LogP contribution is -2.41. The minimum Gasteiger partial charge on any atom is -0.464 e. The van der Waals surface area contributed by atoms with Gasteiger partial charge in [0.15, 0.2) is 5.69 Å². The van der Waals surface area contributed by atoms with Crippen molar-refractivity contribution in [3.8, 4) is 0 Å². The number of fused-ring (bicyclic) bond motifs is 1. The zero-order chi connectivity index (χ0) is 17.0. The standard InChI is InChI=1S/C16H21BN2O4/c1-15(2)16(3,4)23-17(22-15)10-7-8-11-12(9-10)18-19(5)13(11)14(20)21-6/h7-9H,1-6H3. The molecule has 122 valence electrons. The Morgan fingerprint density at radius 2 is 1.83 bits per heavy atom. The minimum absolute atomic E-state index is 0.395. The highest BCUT2D eigenvalue weighted by Gasteiger charge is 2.51. The Morgan fingerprint density at radius 3 is 2.39 bits per heavy atom. The van der Waals surface area contributed by atoms with Gasteiger partial charge < -0.3 is 14.0 Å². The Hall–Kier alpha value is -1.86. The molecule has 0 N–H and O–H groups in total. The van der Waals surface area contributed by atoms with Gasteiger partial charge >= 0.3 is 13.1 Å². The molecule has 1 aliphatic rings. The van der Waals surface area contributed by atoms with Crippen LogP contribution in [0.2, 0.25) is 0 Å². The molecule has 1 fully saturated rings. The highest BCUT2D eigenvalue weighted by Crippen LogP contribution is 2.36. The number of methoxy groups -OCH3 is 1. The van der Waals surface area contributed by atoms with Crippen molar-refractivity contribution in [2.75, 3.05) is 7.11 Å². The van der Waals surface area contributed by atoms with E-state index in [1.807, 2.05) is 45.9 Å². The van der Waals surface area contributed by atoms with E-state index in [1.165, 1.54) is 11.8 Å². The smallest absolute Gasteiger partial charge is 0.464 e. The molecule has 0 bridgehead atoms. The van der Waals surface area contributed by atoms with E-state index in [-0.39, 0.29) is 0 Å². The van der Waals surface area contributed by atoms with Crippen LogP contribution in [0.5, 0.6) is 0 Å². The normalized spacial score (nSPS) is 19.3. The lowest BCUT2D eigenvalue weighted by atomic mass is 9.79. The van der Waals surface area contributed by atoms with E-state index in [1.54, 1.807) is 7.05 Å². The van der Waals surface area contributed by atoms with Crippen LogP contribution in [0.1, 0.15) is 38.2 Å². The number of carbonyl (C=O) groups is 1. The molecular weight excluding hydrogens is 295 g/mol. The quantitative estimate of drug-likeness (QED) is 0.623. The van der Waals surface area contributed by atoms with Crippen molar-refractivity contribution < 1.29 is 18.8 Å². The Bertz CT molecular complexity index is 766. The fourth-order valence-electron chi connectivity index (χ4n) is 2.68. The lowest BCUT2D eigenvalue weighted by Gasteiger charge is -2.32. The molecule has 0 amide bonds. The first-order valence-corrected chi connectivity index (χ1v) is 7.57. The third-order valence-electron chi connectivity index (χ3n) is 4.76. The van der Waals surface area contributed by atoms with Crippen molar-refractivity contribution in [1.82, 2.24) is 9.78 Å². The summed E-state index contributed by atoms with van der Waals surface area (Å²) in [5, 5.41) is 5.14. The van der Waals surface area contributed by atoms with Gasteiger partial charge in [-0.15, -0.1) is 0 Å². The van der Waals surface area contributed by atoms with Gasteiger partial charge in [0.2, 0.25) is 0 Å². The van der Waals surface area contributed by atoms with Gasteiger partial charge in [-0.25, -0.2) is 4.79 Å². The molecule has 23 heavy (non-hydrogen) atoms. The number of carbonyl (C=O) groups excluding carboxylic acids is 1. The Kier molecular flexibility index (Phi) is 3.53. The van der Waals surface area contributed by atoms with Crippen molar-refractivity contribution in [2.24, 2.45) is 7.05 Å². The van der Waals surface area contributed by atoms with Crippen LogP contribution < -0.4 is 5.46 Å². The van der Waals surface area contributed by atoms with Crippen molar-refractivity contribution in [3.05, 3.63) is 23.9 Å². The second-order valence-electron chi connectivity index (χ2n) is 6.83. The van der Waals surface area contributed by atoms with E-state index >= 15 is 0 Å². The topological polar surface area (TPSA) is 62.6 Å². The molecule has 0 spiro atoms. The van der Waals surface area contributed by atoms with Crippen LogP contribution in [0.3, 0.4) is 0 Å². The number of esters is 1. The van der Waals surface area contributed by atoms with Crippen molar-refractivity contribution >= 4 is 29.5 Å². The van der Waals surface area contributed by atoms with Crippen LogP contribution in [0, 0.1) is 0 Å². The first-order valence-electron chi connectivity index (χ1n) is 7.57. The van der Waals surface area contributed by atoms with Gasteiger partial charge in [-0.05, 0) is 39.2 Å². The highest BCUT2D eigenvalue weighted by atomic mass is 16.7. The molecule has 2 aromatic rings. The summed E-state index contributed by atoms with van der Waals surface area (Å²) in [6.07, 6.45) is 0. The van der Waals surface area contributed by atoms with E-state index in [9.17, 15) is 4.79 Å². The second-order valence-corrected chi connectivity index (χ2v) is 6.83. The summed E-state index contributed by atoms with van der Waals surface area (Å²) in [5.74, 6) is -0.404. The number of benzene rings is 1. The van der Waals surface area contributed by atoms with Crippen LogP contribution in [-0.2, 0) is 21.1 Å². The minimum atomic E-state index is -0.451. The Morgan fingerprint density at radius 1 is 1.22 bits per heavy atom. The van der Waals surface area contributed by atoms with Gasteiger partial charge in [-0.2, -0.15) is 5.10 Å². The summed E-state index contributed by atoms with van der Waals surface area (Å²) in [7, 11) is 2.63. The fourth-order valence-corrected chi connectivity index (χ4v) is 2.68. The van der Waals surface area contributed by atoms with Crippen molar-refractivity contribution in [2.45, 2.75) is 38.9 Å². The third-order valence-corrected chi connectivity index (χ3v) is 4.76. The van der Waals surface area contributed by atoms with E-state index in [0.717, 1.165) is 10.8 Å². The maximum atomic E-state index is 11.9. The molecule has 1 saturated heterocycles. The summed E-state index contributed by atoms with van der Waals surface area (Å²) in [6.45, 7) is 8.06. The zero-order valence-corrected chi connectivity index (χ0v) is 14.3. The van der Waals surface area contributed by atoms with Crippen LogP contribution in [-0.4, -0.2) is 41.2 Å². The largest absolute Gasteiger partial charge is 0.494 e. The third kappa shape index (κ3) is 2.44. The van der Waals surface area contributed by atoms with E-state index in [4.69, 9.17) is 14.0 Å². The maximum absolute atomic E-state index is 11.9. The van der Waals surface area contributed by atoms with Gasteiger partial charge in [0.25, 0.3) is 0 Å². The summed E-state index contributed by atoms with van der Waals surface area (Å²) >= 11 is 0. The van der Waals surface area contributed by atoms with Crippen LogP contribution in [0.15, 0.2) is 18.2 Å². The molecule has 7 heteroatoms. The number of nitrogens with zero attached hydrogens (tertiary/aromatic N) is 2. The molecular formula is C16H21BN2O4. The number of aromatic nitrogens is 2. The van der Waals surface area contributed by atoms with E-state index in [2.05, 4.69) is 5.10 Å². The molecule has 3 rings (SSSR count). The van der Waals surface area contributed by atoms with E-state index in [0.29, 0.717) is 11.2 Å². The number of aryl methyl sites for hydroxylation is 1. The van der Waals surface area contributed by atoms with Crippen LogP contribution >= 0.6 is 0 Å². The summed E-state index contributed by atoms with van der Waals surface area (Å²) < 4.78 is 18.5. The molecule has 6 nitrogen and oxygen atoms in total. The SMILES string of the molecule is COC(=O)c1c2ccc(B3OC(C)(C)C(C)(C)O3)cc2nn1C. The molecule has 0 radical (unpaired) electrons. The molecule has 0 atom stereocenters. The van der Waals surface area contributed by atoms with Crippen LogP contribution in [0.4, 0.5) is 0 Å². The second kappa shape index (κ2) is 5.07. The van der Waals surface area contributed by atoms with Crippen molar-refractivity contribution in [3.63, 3.8) is 0 Å². The maximum Gasteiger partial charge on any atom is 0.494 e.